The normalized spacial score (nSPS) is 26.5. The van der Waals surface area contributed by atoms with Crippen LogP contribution in [0.3, 0.4) is 0 Å². The number of carboxylic acid groups (broad SMARTS) is 1. The van der Waals surface area contributed by atoms with Crippen LogP contribution in [0.25, 0.3) is 0 Å². The first-order chi connectivity index (χ1) is 9.79. The molecule has 1 aliphatic rings. The predicted octanol–water partition coefficient (Wildman–Crippen LogP) is 3.37. The maximum absolute atomic E-state index is 11.5. The van der Waals surface area contributed by atoms with Crippen LogP contribution in [-0.4, -0.2) is 16.1 Å². The quantitative estimate of drug-likeness (QED) is 0.895. The van der Waals surface area contributed by atoms with E-state index in [0.717, 1.165) is 24.8 Å². The first-order valence-electron chi connectivity index (χ1n) is 7.71. The summed E-state index contributed by atoms with van der Waals surface area (Å²) in [7, 11) is 0. The average molecular weight is 290 g/mol. The maximum Gasteiger partial charge on any atom is 0.306 e. The van der Waals surface area contributed by atoms with Crippen molar-refractivity contribution in [2.24, 2.45) is 23.2 Å². The summed E-state index contributed by atoms with van der Waals surface area (Å²) in [6.45, 7) is 6.73. The average Bonchev–Trinajstić information content (AvgIpc) is 2.40. The molecule has 0 saturated heterocycles. The number of anilines is 1. The van der Waals surface area contributed by atoms with E-state index in [2.05, 4.69) is 25.8 Å². The van der Waals surface area contributed by atoms with Gasteiger partial charge in [-0.1, -0.05) is 26.8 Å². The monoisotopic (exact) mass is 290 g/mol. The van der Waals surface area contributed by atoms with E-state index < -0.39 is 5.97 Å². The van der Waals surface area contributed by atoms with Crippen molar-refractivity contribution in [3.63, 3.8) is 0 Å². The second-order valence-electron chi connectivity index (χ2n) is 7.33. The molecular weight excluding hydrogens is 264 g/mol. The summed E-state index contributed by atoms with van der Waals surface area (Å²) < 4.78 is 0. The van der Waals surface area contributed by atoms with Crippen molar-refractivity contribution in [2.75, 3.05) is 5.73 Å². The Kier molecular flexibility index (Phi) is 4.55. The molecular formula is C17H26N2O2. The molecule has 3 unspecified atom stereocenters. The molecule has 0 spiro atoms. The Morgan fingerprint density at radius 1 is 1.43 bits per heavy atom. The van der Waals surface area contributed by atoms with Crippen LogP contribution in [0.4, 0.5) is 5.82 Å². The van der Waals surface area contributed by atoms with Crippen molar-refractivity contribution in [3.8, 4) is 0 Å². The molecule has 0 aromatic carbocycles. The summed E-state index contributed by atoms with van der Waals surface area (Å²) in [5.74, 6) is 0.306. The lowest BCUT2D eigenvalue weighted by Gasteiger charge is -2.40. The van der Waals surface area contributed by atoms with Crippen LogP contribution < -0.4 is 5.73 Å². The van der Waals surface area contributed by atoms with Gasteiger partial charge in [-0.3, -0.25) is 4.79 Å². The molecule has 1 aliphatic carbocycles. The number of nitrogens with two attached hydrogens (primary N) is 1. The smallest absolute Gasteiger partial charge is 0.306 e. The zero-order valence-electron chi connectivity index (χ0n) is 13.2. The summed E-state index contributed by atoms with van der Waals surface area (Å²) in [5.41, 5.74) is 7.12. The number of nitrogens with zero attached hydrogens (tertiary/aromatic N) is 1. The molecule has 1 fully saturated rings. The second kappa shape index (κ2) is 6.04. The number of carbonyl (C=O) groups is 1. The highest BCUT2D eigenvalue weighted by Gasteiger charge is 2.39. The molecule has 0 aliphatic heterocycles. The van der Waals surface area contributed by atoms with Crippen LogP contribution in [0, 0.1) is 23.2 Å². The SMILES string of the molecule is CC(C)(C)C1CCC(C(=O)O)C(Cc2cccnc2N)C1. The van der Waals surface area contributed by atoms with Crippen LogP contribution >= 0.6 is 0 Å². The molecule has 1 aromatic rings. The fraction of sp³-hybridized carbons (Fsp3) is 0.647. The van der Waals surface area contributed by atoms with Gasteiger partial charge in [0.15, 0.2) is 0 Å². The number of nitrogen functional groups attached to an aromatic ring is 1. The standard InChI is InChI=1S/C17H26N2O2/c1-17(2,3)13-6-7-14(16(20)21)12(10-13)9-11-5-4-8-19-15(11)18/h4-5,8,12-14H,6-7,9-10H2,1-3H3,(H2,18,19)(H,20,21). The molecule has 0 radical (unpaired) electrons. The number of aromatic nitrogens is 1. The first kappa shape index (κ1) is 15.8. The van der Waals surface area contributed by atoms with Gasteiger partial charge < -0.3 is 10.8 Å². The van der Waals surface area contributed by atoms with Gasteiger partial charge in [-0.05, 0) is 54.6 Å². The molecule has 0 amide bonds. The third-order valence-electron chi connectivity index (χ3n) is 4.93. The summed E-state index contributed by atoms with van der Waals surface area (Å²) >= 11 is 0. The number of carboxylic acids is 1. The molecule has 3 N–H and O–H groups in total. The van der Waals surface area contributed by atoms with E-state index in [1.54, 1.807) is 6.20 Å². The molecule has 4 heteroatoms. The Hall–Kier alpha value is -1.58. The number of hydrogen-bond acceptors (Lipinski definition) is 3. The molecule has 0 bridgehead atoms. The minimum atomic E-state index is -0.671. The van der Waals surface area contributed by atoms with Gasteiger partial charge in [0.2, 0.25) is 0 Å². The summed E-state index contributed by atoms with van der Waals surface area (Å²) in [6.07, 6.45) is 5.10. The molecule has 1 heterocycles. The maximum atomic E-state index is 11.5. The zero-order valence-corrected chi connectivity index (χ0v) is 13.2. The Morgan fingerprint density at radius 3 is 2.71 bits per heavy atom. The lowest BCUT2D eigenvalue weighted by Crippen LogP contribution is -2.36. The number of pyridine rings is 1. The second-order valence-corrected chi connectivity index (χ2v) is 7.33. The summed E-state index contributed by atoms with van der Waals surface area (Å²) in [6, 6.07) is 3.83. The highest BCUT2D eigenvalue weighted by atomic mass is 16.4. The minimum Gasteiger partial charge on any atom is -0.481 e. The zero-order chi connectivity index (χ0) is 15.6. The molecule has 3 atom stereocenters. The lowest BCUT2D eigenvalue weighted by atomic mass is 9.64. The Labute approximate surface area is 126 Å². The van der Waals surface area contributed by atoms with Crippen LogP contribution in [0.1, 0.15) is 45.6 Å². The topological polar surface area (TPSA) is 76.2 Å². The highest BCUT2D eigenvalue weighted by Crippen LogP contribution is 2.44. The third-order valence-corrected chi connectivity index (χ3v) is 4.93. The van der Waals surface area contributed by atoms with Crippen molar-refractivity contribution in [3.05, 3.63) is 23.9 Å². The van der Waals surface area contributed by atoms with Crippen LogP contribution in [-0.2, 0) is 11.2 Å². The molecule has 1 saturated carbocycles. The Bertz CT molecular complexity index is 508. The van der Waals surface area contributed by atoms with Crippen molar-refractivity contribution in [1.29, 1.82) is 0 Å². The summed E-state index contributed by atoms with van der Waals surface area (Å²) in [4.78, 5) is 15.7. The third kappa shape index (κ3) is 3.74. The first-order valence-corrected chi connectivity index (χ1v) is 7.71. The fourth-order valence-electron chi connectivity index (χ4n) is 3.51. The molecule has 4 nitrogen and oxygen atoms in total. The van der Waals surface area contributed by atoms with Gasteiger partial charge in [-0.2, -0.15) is 0 Å². The van der Waals surface area contributed by atoms with Gasteiger partial charge in [0, 0.05) is 6.20 Å². The molecule has 116 valence electrons. The van der Waals surface area contributed by atoms with E-state index in [1.807, 2.05) is 12.1 Å². The van der Waals surface area contributed by atoms with Gasteiger partial charge in [-0.15, -0.1) is 0 Å². The minimum absolute atomic E-state index is 0.145. The van der Waals surface area contributed by atoms with E-state index in [4.69, 9.17) is 5.73 Å². The van der Waals surface area contributed by atoms with Crippen molar-refractivity contribution >= 4 is 11.8 Å². The molecule has 1 aromatic heterocycles. The van der Waals surface area contributed by atoms with Gasteiger partial charge >= 0.3 is 5.97 Å². The van der Waals surface area contributed by atoms with Gasteiger partial charge in [-0.25, -0.2) is 4.98 Å². The number of hydrogen-bond donors (Lipinski definition) is 2. The molecule has 2 rings (SSSR count). The van der Waals surface area contributed by atoms with Crippen molar-refractivity contribution < 1.29 is 9.90 Å². The van der Waals surface area contributed by atoms with Crippen LogP contribution in [0.15, 0.2) is 18.3 Å². The van der Waals surface area contributed by atoms with E-state index in [9.17, 15) is 9.90 Å². The van der Waals surface area contributed by atoms with E-state index in [-0.39, 0.29) is 17.3 Å². The number of rotatable bonds is 3. The highest BCUT2D eigenvalue weighted by molar-refractivity contribution is 5.70. The van der Waals surface area contributed by atoms with Gasteiger partial charge in [0.05, 0.1) is 5.92 Å². The Morgan fingerprint density at radius 2 is 2.14 bits per heavy atom. The number of aliphatic carboxylic acids is 1. The lowest BCUT2D eigenvalue weighted by molar-refractivity contribution is -0.146. The van der Waals surface area contributed by atoms with Crippen LogP contribution in [0.5, 0.6) is 0 Å². The Balaban J connectivity index is 2.18. The van der Waals surface area contributed by atoms with Crippen molar-refractivity contribution in [1.82, 2.24) is 4.98 Å². The van der Waals surface area contributed by atoms with Crippen LogP contribution in [0.2, 0.25) is 0 Å². The summed E-state index contributed by atoms with van der Waals surface area (Å²) in [5, 5.41) is 9.50. The largest absolute Gasteiger partial charge is 0.481 e. The van der Waals surface area contributed by atoms with Gasteiger partial charge in [0.25, 0.3) is 0 Å². The predicted molar refractivity (Wildman–Crippen MR) is 83.8 cm³/mol. The van der Waals surface area contributed by atoms with E-state index in [1.165, 1.54) is 0 Å². The molecule has 21 heavy (non-hydrogen) atoms. The van der Waals surface area contributed by atoms with Crippen molar-refractivity contribution in [2.45, 2.75) is 46.5 Å². The van der Waals surface area contributed by atoms with E-state index in [0.29, 0.717) is 18.2 Å². The van der Waals surface area contributed by atoms with E-state index >= 15 is 0 Å². The van der Waals surface area contributed by atoms with Gasteiger partial charge in [0.1, 0.15) is 5.82 Å². The fourth-order valence-corrected chi connectivity index (χ4v) is 3.51.